The van der Waals surface area contributed by atoms with Crippen LogP contribution in [0.1, 0.15) is 29.3 Å². The van der Waals surface area contributed by atoms with Crippen LogP contribution in [0.3, 0.4) is 0 Å². The van der Waals surface area contributed by atoms with Crippen LogP contribution in [0, 0.1) is 5.92 Å². The Balaban J connectivity index is 2.31. The van der Waals surface area contributed by atoms with E-state index in [0.717, 1.165) is 18.4 Å². The summed E-state index contributed by atoms with van der Waals surface area (Å²) in [7, 11) is -2.47. The maximum Gasteiger partial charge on any atom is 0.218 e. The fraction of sp³-hybridized carbons (Fsp3) is 0.250. The molecule has 0 spiro atoms. The second-order valence-corrected chi connectivity index (χ2v) is 6.19. The Morgan fingerprint density at radius 3 is 2.48 bits per heavy atom. The fourth-order valence-electron chi connectivity index (χ4n) is 2.23. The molecular formula is C16H15ClO3S. The highest BCUT2D eigenvalue weighted by Gasteiger charge is 2.25. The zero-order chi connectivity index (χ0) is 15.4. The van der Waals surface area contributed by atoms with Crippen molar-refractivity contribution in [1.29, 1.82) is 0 Å². The van der Waals surface area contributed by atoms with Crippen LogP contribution >= 0.6 is 11.6 Å². The number of rotatable bonds is 4. The summed E-state index contributed by atoms with van der Waals surface area (Å²) in [6.07, 6.45) is 6.38. The number of carbonyl (C=O) groups excluding carboxylic acids is 1. The number of ketones is 1. The molecule has 21 heavy (non-hydrogen) atoms. The Labute approximate surface area is 130 Å². The highest BCUT2D eigenvalue weighted by molar-refractivity contribution is 7.73. The molecule has 0 N–H and O–H groups in total. The molecule has 1 aromatic carbocycles. The first-order valence-corrected chi connectivity index (χ1v) is 8.13. The third kappa shape index (κ3) is 3.71. The number of benzene rings is 1. The van der Waals surface area contributed by atoms with Gasteiger partial charge in [-0.25, -0.2) is 0 Å². The quantitative estimate of drug-likeness (QED) is 0.632. The predicted molar refractivity (Wildman–Crippen MR) is 85.3 cm³/mol. The van der Waals surface area contributed by atoms with E-state index in [2.05, 4.69) is 6.92 Å². The minimum Gasteiger partial charge on any atom is -0.293 e. The lowest BCUT2D eigenvalue weighted by molar-refractivity contribution is 0.0973. The molecule has 0 radical (unpaired) electrons. The van der Waals surface area contributed by atoms with Crippen molar-refractivity contribution in [3.63, 3.8) is 0 Å². The van der Waals surface area contributed by atoms with Crippen molar-refractivity contribution in [2.24, 2.45) is 5.92 Å². The Hall–Kier alpha value is -1.65. The van der Waals surface area contributed by atoms with E-state index < -0.39 is 16.2 Å². The number of halogens is 1. The molecule has 1 aliphatic rings. The van der Waals surface area contributed by atoms with Gasteiger partial charge in [-0.05, 0) is 24.1 Å². The Bertz CT molecular complexity index is 732. The van der Waals surface area contributed by atoms with E-state index in [1.54, 1.807) is 18.2 Å². The first kappa shape index (κ1) is 15.7. The number of hydrogen-bond donors (Lipinski definition) is 0. The van der Waals surface area contributed by atoms with Crippen LogP contribution in [0.25, 0.3) is 0 Å². The van der Waals surface area contributed by atoms with Crippen LogP contribution in [-0.4, -0.2) is 19.1 Å². The van der Waals surface area contributed by atoms with Crippen molar-refractivity contribution in [3.8, 4) is 0 Å². The van der Waals surface area contributed by atoms with E-state index >= 15 is 0 Å². The number of allylic oxidation sites excluding steroid dienone is 4. The molecule has 2 rings (SSSR count). The Kier molecular flexibility index (Phi) is 5.15. The highest BCUT2D eigenvalue weighted by atomic mass is 35.5. The topological polar surface area (TPSA) is 51.2 Å². The molecule has 1 atom stereocenters. The zero-order valence-corrected chi connectivity index (χ0v) is 13.1. The first-order valence-electron chi connectivity index (χ1n) is 6.67. The number of carbonyl (C=O) groups is 1. The van der Waals surface area contributed by atoms with Crippen molar-refractivity contribution < 1.29 is 13.2 Å². The maximum atomic E-state index is 12.5. The third-order valence-electron chi connectivity index (χ3n) is 3.29. The summed E-state index contributed by atoms with van der Waals surface area (Å²) < 4.78 is 22.5. The van der Waals surface area contributed by atoms with Gasteiger partial charge in [0.05, 0.1) is 10.8 Å². The van der Waals surface area contributed by atoms with Crippen molar-refractivity contribution in [2.45, 2.75) is 19.8 Å². The molecule has 3 nitrogen and oxygen atoms in total. The predicted octanol–water partition coefficient (Wildman–Crippen LogP) is 3.18. The second kappa shape index (κ2) is 6.87. The van der Waals surface area contributed by atoms with E-state index in [0.29, 0.717) is 10.6 Å². The molecule has 0 saturated carbocycles. The third-order valence-corrected chi connectivity index (χ3v) is 4.28. The molecule has 0 aliphatic heterocycles. The van der Waals surface area contributed by atoms with Gasteiger partial charge in [0.1, 0.15) is 0 Å². The standard InChI is InChI=1S/C16H15ClO3S/c1-2-3-11-4-6-12(7-5-11)16(18)14-9-8-13(17)10-15(14)21(19)20/h4-10,14H,2-3H2,1H3. The van der Waals surface area contributed by atoms with Gasteiger partial charge in [0.25, 0.3) is 0 Å². The molecule has 1 aliphatic carbocycles. The molecule has 0 aromatic heterocycles. The minimum absolute atomic E-state index is 0.00475. The lowest BCUT2D eigenvalue weighted by atomic mass is 9.91. The Morgan fingerprint density at radius 1 is 1.24 bits per heavy atom. The van der Waals surface area contributed by atoms with Crippen molar-refractivity contribution in [3.05, 3.63) is 58.7 Å². The molecular weight excluding hydrogens is 308 g/mol. The van der Waals surface area contributed by atoms with Crippen LogP contribution < -0.4 is 0 Å². The Morgan fingerprint density at radius 2 is 1.90 bits per heavy atom. The van der Waals surface area contributed by atoms with Crippen LogP contribution in [-0.2, 0) is 16.7 Å². The average Bonchev–Trinajstić information content (AvgIpc) is 2.47. The van der Waals surface area contributed by atoms with Crippen molar-refractivity contribution >= 4 is 32.5 Å². The smallest absolute Gasteiger partial charge is 0.218 e. The summed E-state index contributed by atoms with van der Waals surface area (Å²) in [5.41, 5.74) is 1.66. The molecule has 0 fully saturated rings. The summed E-state index contributed by atoms with van der Waals surface area (Å²) in [6.45, 7) is 2.09. The zero-order valence-electron chi connectivity index (χ0n) is 11.5. The van der Waals surface area contributed by atoms with E-state index in [4.69, 9.17) is 11.6 Å². The van der Waals surface area contributed by atoms with Crippen LogP contribution in [0.4, 0.5) is 0 Å². The largest absolute Gasteiger partial charge is 0.293 e. The van der Waals surface area contributed by atoms with E-state index in [9.17, 15) is 13.2 Å². The van der Waals surface area contributed by atoms with Crippen LogP contribution in [0.2, 0.25) is 0 Å². The number of aryl methyl sites for hydroxylation is 1. The maximum absolute atomic E-state index is 12.5. The molecule has 110 valence electrons. The summed E-state index contributed by atoms with van der Waals surface area (Å²) in [6, 6.07) is 7.29. The molecule has 1 unspecified atom stereocenters. The minimum atomic E-state index is -2.47. The summed E-state index contributed by atoms with van der Waals surface area (Å²) in [5, 5.41) is 0.302. The first-order chi connectivity index (χ1) is 10.0. The molecule has 0 heterocycles. The molecule has 0 amide bonds. The van der Waals surface area contributed by atoms with Crippen LogP contribution in [0.5, 0.6) is 0 Å². The summed E-state index contributed by atoms with van der Waals surface area (Å²) in [5.74, 6) is -1.04. The second-order valence-electron chi connectivity index (χ2n) is 4.81. The van der Waals surface area contributed by atoms with Gasteiger partial charge in [-0.2, -0.15) is 8.42 Å². The summed E-state index contributed by atoms with van der Waals surface area (Å²) in [4.78, 5) is 12.5. The van der Waals surface area contributed by atoms with Gasteiger partial charge in [0.2, 0.25) is 10.3 Å². The normalized spacial score (nSPS) is 17.5. The monoisotopic (exact) mass is 322 g/mol. The van der Waals surface area contributed by atoms with Gasteiger partial charge >= 0.3 is 0 Å². The van der Waals surface area contributed by atoms with Gasteiger partial charge in [0, 0.05) is 10.6 Å². The van der Waals surface area contributed by atoms with Gasteiger partial charge in [-0.3, -0.25) is 4.79 Å². The van der Waals surface area contributed by atoms with E-state index in [-0.39, 0.29) is 10.6 Å². The van der Waals surface area contributed by atoms with Gasteiger partial charge in [-0.15, -0.1) is 0 Å². The van der Waals surface area contributed by atoms with Gasteiger partial charge in [0.15, 0.2) is 5.78 Å². The fourth-order valence-corrected chi connectivity index (χ4v) is 3.10. The van der Waals surface area contributed by atoms with Gasteiger partial charge < -0.3 is 0 Å². The van der Waals surface area contributed by atoms with E-state index in [1.807, 2.05) is 12.1 Å². The molecule has 0 saturated heterocycles. The number of Topliss-reactive ketones (excluding diaryl/α,β-unsaturated/α-hetero) is 1. The lowest BCUT2D eigenvalue weighted by Crippen LogP contribution is -2.23. The lowest BCUT2D eigenvalue weighted by Gasteiger charge is -2.14. The highest BCUT2D eigenvalue weighted by Crippen LogP contribution is 2.21. The average molecular weight is 323 g/mol. The molecule has 0 bridgehead atoms. The van der Waals surface area contributed by atoms with Crippen LogP contribution in [0.15, 0.2) is 47.5 Å². The summed E-state index contributed by atoms with van der Waals surface area (Å²) >= 11 is 5.80. The molecule has 1 aromatic rings. The molecule has 5 heteroatoms. The number of hydrogen-bond acceptors (Lipinski definition) is 3. The van der Waals surface area contributed by atoms with E-state index in [1.165, 1.54) is 12.2 Å². The SMILES string of the molecule is CCCc1ccc(C(=O)C2C=CC(Cl)=CC2=S(=O)=O)cc1. The van der Waals surface area contributed by atoms with Crippen molar-refractivity contribution in [1.82, 2.24) is 0 Å². The van der Waals surface area contributed by atoms with Crippen molar-refractivity contribution in [2.75, 3.05) is 0 Å². The van der Waals surface area contributed by atoms with Gasteiger partial charge in [-0.1, -0.05) is 55.3 Å².